The van der Waals surface area contributed by atoms with E-state index >= 15 is 0 Å². The van der Waals surface area contributed by atoms with Crippen molar-refractivity contribution in [2.45, 2.75) is 45.1 Å². The Morgan fingerprint density at radius 1 is 1.45 bits per heavy atom. The van der Waals surface area contributed by atoms with Crippen LogP contribution in [0.3, 0.4) is 0 Å². The van der Waals surface area contributed by atoms with Gasteiger partial charge in [-0.2, -0.15) is 0 Å². The predicted molar refractivity (Wildman–Crippen MR) is 74.4 cm³/mol. The summed E-state index contributed by atoms with van der Waals surface area (Å²) < 4.78 is 0. The molecule has 2 N–H and O–H groups in total. The minimum atomic E-state index is -1.16. The monoisotopic (exact) mass is 276 g/mol. The van der Waals surface area contributed by atoms with Crippen LogP contribution in [0.15, 0.2) is 18.3 Å². The Hall–Kier alpha value is -1.91. The lowest BCUT2D eigenvalue weighted by Gasteiger charge is -2.39. The number of nitrogens with one attached hydrogen (secondary N) is 1. The van der Waals surface area contributed by atoms with E-state index in [2.05, 4.69) is 10.3 Å². The van der Waals surface area contributed by atoms with E-state index in [9.17, 15) is 14.7 Å². The summed E-state index contributed by atoms with van der Waals surface area (Å²) in [5.74, 6) is -1.37. The third kappa shape index (κ3) is 2.53. The number of nitrogens with zero attached hydrogens (tertiary/aromatic N) is 1. The molecular weight excluding hydrogens is 256 g/mol. The van der Waals surface area contributed by atoms with Gasteiger partial charge in [-0.3, -0.25) is 9.78 Å². The Balaban J connectivity index is 2.27. The van der Waals surface area contributed by atoms with Gasteiger partial charge in [0.05, 0.1) is 5.56 Å². The first kappa shape index (κ1) is 14.5. The number of aliphatic carboxylic acids is 1. The number of carbonyl (C=O) groups is 2. The molecule has 1 aliphatic rings. The fourth-order valence-corrected chi connectivity index (χ4v) is 2.90. The maximum Gasteiger partial charge on any atom is 0.329 e. The molecule has 0 saturated heterocycles. The van der Waals surface area contributed by atoms with E-state index in [1.54, 1.807) is 25.3 Å². The highest BCUT2D eigenvalue weighted by Gasteiger charge is 2.46. The zero-order chi connectivity index (χ0) is 14.8. The summed E-state index contributed by atoms with van der Waals surface area (Å²) in [5.41, 5.74) is -0.114. The Bertz CT molecular complexity index is 530. The molecule has 0 bridgehead atoms. The molecule has 1 aromatic heterocycles. The van der Waals surface area contributed by atoms with Crippen LogP contribution in [0.1, 0.15) is 48.7 Å². The van der Waals surface area contributed by atoms with E-state index in [0.29, 0.717) is 17.7 Å². The van der Waals surface area contributed by atoms with Crippen molar-refractivity contribution in [2.75, 3.05) is 0 Å². The number of pyridine rings is 1. The van der Waals surface area contributed by atoms with Crippen LogP contribution in [-0.2, 0) is 4.79 Å². The summed E-state index contributed by atoms with van der Waals surface area (Å²) in [4.78, 5) is 28.2. The van der Waals surface area contributed by atoms with Gasteiger partial charge in [0.15, 0.2) is 0 Å². The van der Waals surface area contributed by atoms with E-state index in [4.69, 9.17) is 0 Å². The van der Waals surface area contributed by atoms with Gasteiger partial charge in [0.2, 0.25) is 0 Å². The van der Waals surface area contributed by atoms with Crippen molar-refractivity contribution in [3.05, 3.63) is 29.6 Å². The van der Waals surface area contributed by atoms with Crippen LogP contribution in [0.4, 0.5) is 0 Å². The quantitative estimate of drug-likeness (QED) is 0.886. The zero-order valence-electron chi connectivity index (χ0n) is 11.8. The fourth-order valence-electron chi connectivity index (χ4n) is 2.90. The Morgan fingerprint density at radius 3 is 2.80 bits per heavy atom. The molecule has 0 aromatic carbocycles. The molecule has 1 aliphatic carbocycles. The van der Waals surface area contributed by atoms with E-state index in [1.165, 1.54) is 0 Å². The lowest BCUT2D eigenvalue weighted by atomic mass is 9.73. The molecule has 2 unspecified atom stereocenters. The molecule has 1 saturated carbocycles. The molecule has 0 aliphatic heterocycles. The van der Waals surface area contributed by atoms with Crippen molar-refractivity contribution >= 4 is 11.9 Å². The van der Waals surface area contributed by atoms with E-state index < -0.39 is 11.5 Å². The van der Waals surface area contributed by atoms with E-state index in [0.717, 1.165) is 19.3 Å². The lowest BCUT2D eigenvalue weighted by molar-refractivity contribution is -0.148. The van der Waals surface area contributed by atoms with Gasteiger partial charge in [-0.1, -0.05) is 19.8 Å². The average molecular weight is 276 g/mol. The second kappa shape index (κ2) is 5.61. The van der Waals surface area contributed by atoms with Crippen molar-refractivity contribution < 1.29 is 14.7 Å². The Labute approximate surface area is 118 Å². The third-order valence-electron chi connectivity index (χ3n) is 4.27. The minimum Gasteiger partial charge on any atom is -0.479 e. The molecule has 5 heteroatoms. The first-order chi connectivity index (χ1) is 9.47. The van der Waals surface area contributed by atoms with Crippen LogP contribution in [0.5, 0.6) is 0 Å². The average Bonchev–Trinajstić information content (AvgIpc) is 2.41. The van der Waals surface area contributed by atoms with Gasteiger partial charge >= 0.3 is 5.97 Å². The normalized spacial score (nSPS) is 26.0. The van der Waals surface area contributed by atoms with Gasteiger partial charge < -0.3 is 10.4 Å². The van der Waals surface area contributed by atoms with E-state index in [-0.39, 0.29) is 11.8 Å². The number of rotatable bonds is 3. The summed E-state index contributed by atoms with van der Waals surface area (Å²) in [7, 11) is 0. The van der Waals surface area contributed by atoms with Crippen molar-refractivity contribution in [1.82, 2.24) is 10.3 Å². The molecule has 5 nitrogen and oxygen atoms in total. The summed E-state index contributed by atoms with van der Waals surface area (Å²) in [6, 6.07) is 3.35. The van der Waals surface area contributed by atoms with Crippen molar-refractivity contribution in [3.63, 3.8) is 0 Å². The molecule has 1 fully saturated rings. The molecule has 2 atom stereocenters. The highest BCUT2D eigenvalue weighted by Crippen LogP contribution is 2.34. The molecule has 2 rings (SSSR count). The summed E-state index contributed by atoms with van der Waals surface area (Å²) >= 11 is 0. The highest BCUT2D eigenvalue weighted by atomic mass is 16.4. The van der Waals surface area contributed by atoms with Gasteiger partial charge in [0, 0.05) is 11.9 Å². The van der Waals surface area contributed by atoms with Gasteiger partial charge in [0.1, 0.15) is 5.54 Å². The Morgan fingerprint density at radius 2 is 2.20 bits per heavy atom. The summed E-state index contributed by atoms with van der Waals surface area (Å²) in [5, 5.41) is 12.4. The first-order valence-electron chi connectivity index (χ1n) is 6.95. The Kier molecular flexibility index (Phi) is 4.06. The molecule has 0 spiro atoms. The number of hydrogen-bond acceptors (Lipinski definition) is 3. The molecule has 1 heterocycles. The van der Waals surface area contributed by atoms with Crippen LogP contribution in [0.2, 0.25) is 0 Å². The van der Waals surface area contributed by atoms with Crippen molar-refractivity contribution in [3.8, 4) is 0 Å². The number of carboxylic acid groups (broad SMARTS) is 1. The smallest absolute Gasteiger partial charge is 0.329 e. The standard InChI is InChI=1S/C15H20N2O3/c1-10-6-3-4-8-15(10,14(19)20)17-13(18)12-7-5-9-16-11(12)2/h5,7,9-10H,3-4,6,8H2,1-2H3,(H,17,18)(H,19,20). The van der Waals surface area contributed by atoms with Gasteiger partial charge in [0.25, 0.3) is 5.91 Å². The highest BCUT2D eigenvalue weighted by molar-refractivity contribution is 5.98. The van der Waals surface area contributed by atoms with Crippen molar-refractivity contribution in [2.24, 2.45) is 5.92 Å². The molecule has 108 valence electrons. The number of aryl methyl sites for hydroxylation is 1. The number of hydrogen-bond donors (Lipinski definition) is 2. The number of aromatic nitrogens is 1. The largest absolute Gasteiger partial charge is 0.479 e. The number of amides is 1. The van der Waals surface area contributed by atoms with Gasteiger partial charge in [-0.15, -0.1) is 0 Å². The number of carbonyl (C=O) groups excluding carboxylic acids is 1. The van der Waals surface area contributed by atoms with Crippen LogP contribution in [0.25, 0.3) is 0 Å². The van der Waals surface area contributed by atoms with E-state index in [1.807, 2.05) is 6.92 Å². The third-order valence-corrected chi connectivity index (χ3v) is 4.27. The van der Waals surface area contributed by atoms with Crippen molar-refractivity contribution in [1.29, 1.82) is 0 Å². The zero-order valence-corrected chi connectivity index (χ0v) is 11.8. The van der Waals surface area contributed by atoms with Crippen LogP contribution < -0.4 is 5.32 Å². The molecule has 20 heavy (non-hydrogen) atoms. The summed E-state index contributed by atoms with van der Waals surface area (Å²) in [6.45, 7) is 3.64. The lowest BCUT2D eigenvalue weighted by Crippen LogP contribution is -2.60. The van der Waals surface area contributed by atoms with Crippen LogP contribution in [-0.4, -0.2) is 27.5 Å². The second-order valence-corrected chi connectivity index (χ2v) is 5.51. The molecule has 1 aromatic rings. The molecule has 0 radical (unpaired) electrons. The van der Waals surface area contributed by atoms with Gasteiger partial charge in [-0.25, -0.2) is 4.79 Å². The summed E-state index contributed by atoms with van der Waals surface area (Å²) in [6.07, 6.45) is 4.75. The van der Waals surface area contributed by atoms with Crippen LogP contribution >= 0.6 is 0 Å². The topological polar surface area (TPSA) is 79.3 Å². The maximum atomic E-state index is 12.4. The predicted octanol–water partition coefficient (Wildman–Crippen LogP) is 2.15. The fraction of sp³-hybridized carbons (Fsp3) is 0.533. The number of carboxylic acids is 1. The van der Waals surface area contributed by atoms with Crippen LogP contribution in [0, 0.1) is 12.8 Å². The first-order valence-corrected chi connectivity index (χ1v) is 6.95. The second-order valence-electron chi connectivity index (χ2n) is 5.51. The maximum absolute atomic E-state index is 12.4. The van der Waals surface area contributed by atoms with Gasteiger partial charge in [-0.05, 0) is 37.8 Å². The molecular formula is C15H20N2O3. The molecule has 1 amide bonds. The SMILES string of the molecule is Cc1ncccc1C(=O)NC1(C(=O)O)CCCCC1C. The minimum absolute atomic E-state index is 0.0744.